The summed E-state index contributed by atoms with van der Waals surface area (Å²) in [5.74, 6) is 1.41. The molecular formula is C21H21Br2N2O4P. The molecule has 0 radical (unpaired) electrons. The van der Waals surface area contributed by atoms with E-state index in [2.05, 4.69) is 52.6 Å². The number of rotatable bonds is 5. The molecule has 30 heavy (non-hydrogen) atoms. The molecule has 9 heteroatoms. The van der Waals surface area contributed by atoms with Crippen LogP contribution in [0, 0.1) is 17.0 Å². The Labute approximate surface area is 192 Å². The molecule has 0 fully saturated rings. The molecule has 0 aliphatic rings. The average Bonchev–Trinajstić information content (AvgIpc) is 3.08. The van der Waals surface area contributed by atoms with Crippen molar-refractivity contribution in [3.8, 4) is 5.75 Å². The quantitative estimate of drug-likeness (QED) is 0.182. The van der Waals surface area contributed by atoms with E-state index in [0.717, 1.165) is 10.2 Å². The number of benzene rings is 2. The molecule has 0 amide bonds. The minimum Gasteiger partial charge on any atom is -0.457 e. The van der Waals surface area contributed by atoms with E-state index in [1.165, 1.54) is 12.1 Å². The van der Waals surface area contributed by atoms with Crippen LogP contribution in [0.5, 0.6) is 5.75 Å². The van der Waals surface area contributed by atoms with Crippen LogP contribution in [0.3, 0.4) is 0 Å². The predicted octanol–water partition coefficient (Wildman–Crippen LogP) is 7.97. The molecule has 0 aliphatic carbocycles. The number of furan rings is 1. The molecule has 1 heterocycles. The fourth-order valence-electron chi connectivity index (χ4n) is 2.84. The second-order valence-corrected chi connectivity index (χ2v) is 12.8. The molecule has 0 aliphatic heterocycles. The summed E-state index contributed by atoms with van der Waals surface area (Å²) in [7, 11) is -2.80. The van der Waals surface area contributed by atoms with E-state index in [1.807, 2.05) is 43.3 Å². The van der Waals surface area contributed by atoms with Crippen molar-refractivity contribution in [3.05, 3.63) is 79.4 Å². The SMILES string of the molecule is Cc1ccc([P@@](=Nc2ccc([N+](=O)[O-])cc2Br)(Oc2cccc(Br)c2)C(C)(C)C)o1. The predicted molar refractivity (Wildman–Crippen MR) is 127 cm³/mol. The molecule has 1 atom stereocenters. The maximum absolute atomic E-state index is 11.1. The third-order valence-corrected chi connectivity index (χ3v) is 9.12. The van der Waals surface area contributed by atoms with Crippen molar-refractivity contribution in [2.24, 2.45) is 4.74 Å². The zero-order chi connectivity index (χ0) is 22.1. The Balaban J connectivity index is 2.30. The Morgan fingerprint density at radius 3 is 2.37 bits per heavy atom. The van der Waals surface area contributed by atoms with Crippen molar-refractivity contribution >= 4 is 56.0 Å². The van der Waals surface area contributed by atoms with Crippen LogP contribution in [-0.2, 0) is 0 Å². The highest BCUT2D eigenvalue weighted by Gasteiger charge is 2.42. The lowest BCUT2D eigenvalue weighted by molar-refractivity contribution is -0.384. The van der Waals surface area contributed by atoms with Crippen molar-refractivity contribution in [2.45, 2.75) is 32.9 Å². The maximum Gasteiger partial charge on any atom is 0.270 e. The van der Waals surface area contributed by atoms with Gasteiger partial charge in [-0.15, -0.1) is 0 Å². The molecule has 0 bridgehead atoms. The largest absolute Gasteiger partial charge is 0.457 e. The first kappa shape index (κ1) is 22.8. The fraction of sp³-hybridized carbons (Fsp3) is 0.238. The van der Waals surface area contributed by atoms with Gasteiger partial charge in [-0.2, -0.15) is 0 Å². The Kier molecular flexibility index (Phi) is 6.60. The van der Waals surface area contributed by atoms with E-state index in [9.17, 15) is 10.1 Å². The first-order valence-electron chi connectivity index (χ1n) is 9.10. The van der Waals surface area contributed by atoms with E-state index in [4.69, 9.17) is 13.7 Å². The molecule has 2 aromatic carbocycles. The molecule has 0 unspecified atom stereocenters. The van der Waals surface area contributed by atoms with Crippen molar-refractivity contribution in [1.29, 1.82) is 0 Å². The van der Waals surface area contributed by atoms with Crippen LogP contribution >= 0.6 is 39.1 Å². The Hall–Kier alpha value is -1.89. The Morgan fingerprint density at radius 2 is 1.83 bits per heavy atom. The topological polar surface area (TPSA) is 77.9 Å². The molecule has 0 saturated heterocycles. The van der Waals surface area contributed by atoms with Gasteiger partial charge in [-0.3, -0.25) is 10.1 Å². The van der Waals surface area contributed by atoms with Crippen LogP contribution in [0.15, 0.2) is 72.7 Å². The molecule has 0 N–H and O–H groups in total. The smallest absolute Gasteiger partial charge is 0.270 e. The van der Waals surface area contributed by atoms with Crippen LogP contribution in [-0.4, -0.2) is 10.1 Å². The number of nitro benzene ring substituents is 1. The van der Waals surface area contributed by atoms with E-state index < -0.39 is 17.4 Å². The van der Waals surface area contributed by atoms with Crippen LogP contribution in [0.4, 0.5) is 11.4 Å². The van der Waals surface area contributed by atoms with Gasteiger partial charge in [0.1, 0.15) is 11.5 Å². The maximum atomic E-state index is 11.1. The lowest BCUT2D eigenvalue weighted by atomic mass is 10.3. The molecule has 3 rings (SSSR count). The van der Waals surface area contributed by atoms with Crippen LogP contribution < -0.4 is 10.0 Å². The number of aryl methyl sites for hydroxylation is 1. The fourth-order valence-corrected chi connectivity index (χ4v) is 6.71. The molecule has 0 saturated carbocycles. The third-order valence-electron chi connectivity index (χ3n) is 4.36. The van der Waals surface area contributed by atoms with Gasteiger partial charge in [-0.05, 0) is 59.3 Å². The molecule has 3 aromatic rings. The van der Waals surface area contributed by atoms with Gasteiger partial charge in [-0.1, -0.05) is 42.8 Å². The second-order valence-electron chi connectivity index (χ2n) is 7.67. The van der Waals surface area contributed by atoms with Crippen LogP contribution in [0.25, 0.3) is 0 Å². The zero-order valence-corrected chi connectivity index (χ0v) is 21.0. The van der Waals surface area contributed by atoms with Gasteiger partial charge in [0.15, 0.2) is 5.50 Å². The highest BCUT2D eigenvalue weighted by molar-refractivity contribution is 9.10. The van der Waals surface area contributed by atoms with Crippen molar-refractivity contribution in [2.75, 3.05) is 0 Å². The van der Waals surface area contributed by atoms with Gasteiger partial charge < -0.3 is 8.94 Å². The van der Waals surface area contributed by atoms with Gasteiger partial charge in [0.2, 0.25) is 7.28 Å². The summed E-state index contributed by atoms with van der Waals surface area (Å²) in [5.41, 5.74) is 1.20. The number of halogens is 2. The van der Waals surface area contributed by atoms with Gasteiger partial charge in [0.25, 0.3) is 5.69 Å². The lowest BCUT2D eigenvalue weighted by Crippen LogP contribution is -2.26. The van der Waals surface area contributed by atoms with Gasteiger partial charge in [0, 0.05) is 21.8 Å². The highest BCUT2D eigenvalue weighted by atomic mass is 79.9. The minimum atomic E-state index is -2.80. The number of nitrogens with zero attached hydrogens (tertiary/aromatic N) is 2. The van der Waals surface area contributed by atoms with Gasteiger partial charge in [-0.25, -0.2) is 4.74 Å². The van der Waals surface area contributed by atoms with Crippen LogP contribution in [0.1, 0.15) is 26.5 Å². The molecular weight excluding hydrogens is 535 g/mol. The first-order chi connectivity index (χ1) is 14.0. The average molecular weight is 556 g/mol. The Bertz CT molecular complexity index is 1150. The van der Waals surface area contributed by atoms with E-state index in [0.29, 0.717) is 21.4 Å². The normalized spacial score (nSPS) is 13.5. The van der Waals surface area contributed by atoms with E-state index in [-0.39, 0.29) is 5.69 Å². The number of nitro groups is 1. The molecule has 0 spiro atoms. The van der Waals surface area contributed by atoms with Gasteiger partial charge >= 0.3 is 0 Å². The lowest BCUT2D eigenvalue weighted by Gasteiger charge is -2.35. The van der Waals surface area contributed by atoms with Crippen molar-refractivity contribution in [1.82, 2.24) is 0 Å². The summed E-state index contributed by atoms with van der Waals surface area (Å²) in [6.07, 6.45) is 0. The molecule has 158 valence electrons. The summed E-state index contributed by atoms with van der Waals surface area (Å²) >= 11 is 6.92. The summed E-state index contributed by atoms with van der Waals surface area (Å²) in [5, 5.41) is 10.7. The second kappa shape index (κ2) is 8.69. The van der Waals surface area contributed by atoms with E-state index >= 15 is 0 Å². The summed E-state index contributed by atoms with van der Waals surface area (Å²) < 4.78 is 19.2. The van der Waals surface area contributed by atoms with Crippen molar-refractivity contribution in [3.63, 3.8) is 0 Å². The zero-order valence-electron chi connectivity index (χ0n) is 16.9. The molecule has 6 nitrogen and oxygen atoms in total. The van der Waals surface area contributed by atoms with Gasteiger partial charge in [0.05, 0.1) is 15.1 Å². The standard InChI is InChI=1S/C21H21Br2N2O4P/c1-14-8-11-20(28-14)30(21(2,3)4,29-17-7-5-6-15(22)12-17)24-19-10-9-16(25(26)27)13-18(19)23/h5-13H,1-4H3/t30-/m1/s1. The number of non-ortho nitro benzene ring substituents is 1. The highest BCUT2D eigenvalue weighted by Crippen LogP contribution is 2.62. The monoisotopic (exact) mass is 554 g/mol. The first-order valence-corrected chi connectivity index (χ1v) is 12.3. The molecule has 1 aromatic heterocycles. The van der Waals surface area contributed by atoms with Crippen LogP contribution in [0.2, 0.25) is 0 Å². The number of hydrogen-bond donors (Lipinski definition) is 0. The summed E-state index contributed by atoms with van der Waals surface area (Å²) in [6, 6.07) is 15.9. The van der Waals surface area contributed by atoms with Crippen molar-refractivity contribution < 1.29 is 13.9 Å². The Morgan fingerprint density at radius 1 is 1.10 bits per heavy atom. The third kappa shape index (κ3) is 4.71. The summed E-state index contributed by atoms with van der Waals surface area (Å²) in [4.78, 5) is 10.7. The summed E-state index contributed by atoms with van der Waals surface area (Å²) in [6.45, 7) is 8.04. The number of hydrogen-bond acceptors (Lipinski definition) is 5. The van der Waals surface area contributed by atoms with E-state index in [1.54, 1.807) is 6.07 Å². The minimum absolute atomic E-state index is 0.0118.